The number of aromatic amines is 1. The molecular formula is C11H10ClFN4O2. The smallest absolute Gasteiger partial charge is 0.271 e. The van der Waals surface area contributed by atoms with E-state index in [1.54, 1.807) is 6.92 Å². The lowest BCUT2D eigenvalue weighted by atomic mass is 10.1. The largest absolute Gasteiger partial charge is 0.492 e. The van der Waals surface area contributed by atoms with Crippen molar-refractivity contribution in [2.75, 3.05) is 6.61 Å². The number of nitrogens with one attached hydrogen (secondary N) is 1. The first-order chi connectivity index (χ1) is 9.06. The molecule has 19 heavy (non-hydrogen) atoms. The lowest BCUT2D eigenvalue weighted by Gasteiger charge is -2.08. The first-order valence-corrected chi connectivity index (χ1v) is 5.75. The van der Waals surface area contributed by atoms with Gasteiger partial charge in [-0.1, -0.05) is 11.6 Å². The second-order valence-electron chi connectivity index (χ2n) is 3.56. The molecule has 2 rings (SSSR count). The molecule has 100 valence electrons. The molecular weight excluding hydrogens is 275 g/mol. The van der Waals surface area contributed by atoms with Crippen LogP contribution in [-0.4, -0.2) is 27.9 Å². The van der Waals surface area contributed by atoms with Crippen molar-refractivity contribution in [3.8, 4) is 17.0 Å². The Morgan fingerprint density at radius 2 is 2.26 bits per heavy atom. The van der Waals surface area contributed by atoms with Gasteiger partial charge < -0.3 is 10.5 Å². The number of H-pyrrole nitrogens is 1. The Hall–Kier alpha value is -2.15. The van der Waals surface area contributed by atoms with E-state index in [0.29, 0.717) is 6.61 Å². The molecule has 0 saturated heterocycles. The van der Waals surface area contributed by atoms with Gasteiger partial charge in [-0.25, -0.2) is 4.39 Å². The zero-order valence-corrected chi connectivity index (χ0v) is 10.7. The van der Waals surface area contributed by atoms with Crippen molar-refractivity contribution in [1.82, 2.24) is 15.4 Å². The molecule has 1 aromatic heterocycles. The highest BCUT2D eigenvalue weighted by Gasteiger charge is 2.21. The third kappa shape index (κ3) is 2.37. The second-order valence-corrected chi connectivity index (χ2v) is 3.94. The number of ether oxygens (including phenoxy) is 1. The van der Waals surface area contributed by atoms with E-state index in [4.69, 9.17) is 22.1 Å². The van der Waals surface area contributed by atoms with Crippen LogP contribution in [0.1, 0.15) is 17.4 Å². The monoisotopic (exact) mass is 284 g/mol. The maximum Gasteiger partial charge on any atom is 0.271 e. The summed E-state index contributed by atoms with van der Waals surface area (Å²) in [4.78, 5) is 11.1. The first kappa shape index (κ1) is 13.3. The molecule has 0 aliphatic rings. The summed E-state index contributed by atoms with van der Waals surface area (Å²) in [6, 6.07) is 2.89. The Labute approximate surface area is 112 Å². The summed E-state index contributed by atoms with van der Waals surface area (Å²) in [7, 11) is 0. The van der Waals surface area contributed by atoms with E-state index in [1.165, 1.54) is 12.1 Å². The van der Waals surface area contributed by atoms with Crippen molar-refractivity contribution in [3.63, 3.8) is 0 Å². The van der Waals surface area contributed by atoms with Gasteiger partial charge in [0.05, 0.1) is 6.61 Å². The molecule has 0 fully saturated rings. The van der Waals surface area contributed by atoms with E-state index in [-0.39, 0.29) is 27.7 Å². The van der Waals surface area contributed by atoms with E-state index >= 15 is 0 Å². The van der Waals surface area contributed by atoms with Gasteiger partial charge in [-0.05, 0) is 19.1 Å². The Morgan fingerprint density at radius 3 is 2.89 bits per heavy atom. The molecule has 6 nitrogen and oxygen atoms in total. The number of carbonyl (C=O) groups excluding carboxylic acids is 1. The molecule has 0 spiro atoms. The van der Waals surface area contributed by atoms with Crippen LogP contribution in [0.2, 0.25) is 5.02 Å². The molecule has 0 aliphatic carbocycles. The molecule has 8 heteroatoms. The Balaban J connectivity index is 2.55. The van der Waals surface area contributed by atoms with Gasteiger partial charge in [0, 0.05) is 5.56 Å². The SMILES string of the molecule is CCOc1ccc(-c2n[nH]nc2C(N)=O)c(F)c1Cl. The molecule has 3 N–H and O–H groups in total. The van der Waals surface area contributed by atoms with Gasteiger partial charge in [0.25, 0.3) is 5.91 Å². The summed E-state index contributed by atoms with van der Waals surface area (Å²) < 4.78 is 19.3. The molecule has 0 aliphatic heterocycles. The number of benzene rings is 1. The van der Waals surface area contributed by atoms with Crippen LogP contribution >= 0.6 is 11.6 Å². The predicted molar refractivity (Wildman–Crippen MR) is 66.5 cm³/mol. The van der Waals surface area contributed by atoms with Crippen LogP contribution in [0.15, 0.2) is 12.1 Å². The van der Waals surface area contributed by atoms with E-state index in [2.05, 4.69) is 15.4 Å². The molecule has 1 amide bonds. The van der Waals surface area contributed by atoms with Gasteiger partial charge in [0.15, 0.2) is 11.5 Å². The number of hydrogen-bond acceptors (Lipinski definition) is 4. The summed E-state index contributed by atoms with van der Waals surface area (Å²) in [5, 5.41) is 9.32. The minimum Gasteiger partial charge on any atom is -0.492 e. The molecule has 0 unspecified atom stereocenters. The molecule has 1 heterocycles. The van der Waals surface area contributed by atoms with E-state index in [0.717, 1.165) is 0 Å². The standard InChI is InChI=1S/C11H10ClFN4O2/c1-2-19-6-4-3-5(8(13)7(6)12)9-10(11(14)18)16-17-15-9/h3-4H,2H2,1H3,(H2,14,18)(H,15,16,17). The predicted octanol–water partition coefficient (Wildman–Crippen LogP) is 1.76. The lowest BCUT2D eigenvalue weighted by Crippen LogP contribution is -2.13. The van der Waals surface area contributed by atoms with E-state index < -0.39 is 11.7 Å². The van der Waals surface area contributed by atoms with Gasteiger partial charge in [-0.3, -0.25) is 4.79 Å². The number of nitrogens with two attached hydrogens (primary N) is 1. The van der Waals surface area contributed by atoms with Crippen LogP contribution in [0.3, 0.4) is 0 Å². The fourth-order valence-electron chi connectivity index (χ4n) is 1.57. The number of primary amides is 1. The van der Waals surface area contributed by atoms with Crippen molar-refractivity contribution >= 4 is 17.5 Å². The van der Waals surface area contributed by atoms with Crippen LogP contribution < -0.4 is 10.5 Å². The normalized spacial score (nSPS) is 10.5. The summed E-state index contributed by atoms with van der Waals surface area (Å²) in [5.74, 6) is -1.34. The molecule has 2 aromatic rings. The van der Waals surface area contributed by atoms with Crippen LogP contribution in [0.25, 0.3) is 11.3 Å². The van der Waals surface area contributed by atoms with Crippen LogP contribution in [0.5, 0.6) is 5.75 Å². The molecule has 0 atom stereocenters. The van der Waals surface area contributed by atoms with E-state index in [9.17, 15) is 9.18 Å². The van der Waals surface area contributed by atoms with Crippen molar-refractivity contribution in [1.29, 1.82) is 0 Å². The van der Waals surface area contributed by atoms with Gasteiger partial charge in [0.2, 0.25) is 0 Å². The van der Waals surface area contributed by atoms with Crippen molar-refractivity contribution < 1.29 is 13.9 Å². The zero-order valence-electron chi connectivity index (χ0n) is 9.91. The fraction of sp³-hybridized carbons (Fsp3) is 0.182. The highest BCUT2D eigenvalue weighted by Crippen LogP contribution is 2.34. The van der Waals surface area contributed by atoms with Crippen LogP contribution in [0, 0.1) is 5.82 Å². The third-order valence-electron chi connectivity index (χ3n) is 2.38. The van der Waals surface area contributed by atoms with Crippen molar-refractivity contribution in [3.05, 3.63) is 28.7 Å². The number of halogens is 2. The number of nitrogens with zero attached hydrogens (tertiary/aromatic N) is 2. The summed E-state index contributed by atoms with van der Waals surface area (Å²) >= 11 is 5.85. The lowest BCUT2D eigenvalue weighted by molar-refractivity contribution is 0.0996. The Bertz CT molecular complexity index is 629. The Morgan fingerprint density at radius 1 is 1.53 bits per heavy atom. The van der Waals surface area contributed by atoms with Gasteiger partial charge in [-0.2, -0.15) is 15.4 Å². The summed E-state index contributed by atoms with van der Waals surface area (Å²) in [6.45, 7) is 2.11. The third-order valence-corrected chi connectivity index (χ3v) is 2.74. The van der Waals surface area contributed by atoms with Crippen LogP contribution in [-0.2, 0) is 0 Å². The topological polar surface area (TPSA) is 93.9 Å². The number of aromatic nitrogens is 3. The van der Waals surface area contributed by atoms with Gasteiger partial charge in [0.1, 0.15) is 16.5 Å². The average Bonchev–Trinajstić information content (AvgIpc) is 2.84. The van der Waals surface area contributed by atoms with Crippen molar-refractivity contribution in [2.24, 2.45) is 5.73 Å². The summed E-state index contributed by atoms with van der Waals surface area (Å²) in [5.41, 5.74) is 5.00. The fourth-order valence-corrected chi connectivity index (χ4v) is 1.79. The highest BCUT2D eigenvalue weighted by atomic mass is 35.5. The van der Waals surface area contributed by atoms with Gasteiger partial charge in [-0.15, -0.1) is 0 Å². The maximum absolute atomic E-state index is 14.1. The highest BCUT2D eigenvalue weighted by molar-refractivity contribution is 6.32. The van der Waals surface area contributed by atoms with Crippen LogP contribution in [0.4, 0.5) is 4.39 Å². The molecule has 1 aromatic carbocycles. The zero-order chi connectivity index (χ0) is 14.0. The Kier molecular flexibility index (Phi) is 3.66. The maximum atomic E-state index is 14.1. The number of rotatable bonds is 4. The quantitative estimate of drug-likeness (QED) is 0.894. The second kappa shape index (κ2) is 5.23. The molecule has 0 bridgehead atoms. The molecule has 0 saturated carbocycles. The van der Waals surface area contributed by atoms with Gasteiger partial charge >= 0.3 is 0 Å². The number of carbonyl (C=O) groups is 1. The molecule has 0 radical (unpaired) electrons. The minimum absolute atomic E-state index is 0.00921. The average molecular weight is 285 g/mol. The first-order valence-electron chi connectivity index (χ1n) is 5.38. The minimum atomic E-state index is -0.812. The summed E-state index contributed by atoms with van der Waals surface area (Å²) in [6.07, 6.45) is 0. The van der Waals surface area contributed by atoms with Crippen molar-refractivity contribution in [2.45, 2.75) is 6.92 Å². The number of amides is 1. The van der Waals surface area contributed by atoms with E-state index in [1.807, 2.05) is 0 Å². The number of hydrogen-bond donors (Lipinski definition) is 2.